The minimum absolute atomic E-state index is 0.202. The van der Waals surface area contributed by atoms with Gasteiger partial charge in [0.05, 0.1) is 11.1 Å². The lowest BCUT2D eigenvalue weighted by atomic mass is 9.94. The molecular formula is C21H29N3O3. The Kier molecular flexibility index (Phi) is 5.40. The van der Waals surface area contributed by atoms with Crippen LogP contribution < -0.4 is 5.43 Å². The van der Waals surface area contributed by atoms with E-state index >= 15 is 0 Å². The summed E-state index contributed by atoms with van der Waals surface area (Å²) in [6.07, 6.45) is 3.54. The Morgan fingerprint density at radius 2 is 2.00 bits per heavy atom. The van der Waals surface area contributed by atoms with Crippen LogP contribution in [0.25, 0.3) is 10.9 Å². The van der Waals surface area contributed by atoms with E-state index in [4.69, 9.17) is 0 Å². The lowest BCUT2D eigenvalue weighted by molar-refractivity contribution is 0.00304. The van der Waals surface area contributed by atoms with Crippen molar-refractivity contribution in [3.63, 3.8) is 0 Å². The van der Waals surface area contributed by atoms with E-state index in [9.17, 15) is 14.7 Å². The first kappa shape index (κ1) is 19.6. The number of hydrogen-bond donors (Lipinski definition) is 1. The molecule has 6 nitrogen and oxygen atoms in total. The van der Waals surface area contributed by atoms with Crippen molar-refractivity contribution < 1.29 is 9.90 Å². The molecule has 0 radical (unpaired) electrons. The van der Waals surface area contributed by atoms with Crippen LogP contribution in [0.4, 0.5) is 0 Å². The first-order valence-corrected chi connectivity index (χ1v) is 9.46. The maximum atomic E-state index is 13.1. The summed E-state index contributed by atoms with van der Waals surface area (Å²) in [6.45, 7) is 3.53. The van der Waals surface area contributed by atoms with E-state index in [0.717, 1.165) is 17.5 Å². The smallest absolute Gasteiger partial charge is 0.259 e. The molecule has 0 spiro atoms. The highest BCUT2D eigenvalue weighted by atomic mass is 16.3. The van der Waals surface area contributed by atoms with Gasteiger partial charge in [0, 0.05) is 38.3 Å². The molecule has 3 rings (SSSR count). The van der Waals surface area contributed by atoms with Crippen molar-refractivity contribution in [2.24, 2.45) is 7.05 Å². The van der Waals surface area contributed by atoms with Gasteiger partial charge in [-0.15, -0.1) is 0 Å². The Hall–Kier alpha value is -2.18. The third-order valence-electron chi connectivity index (χ3n) is 5.39. The summed E-state index contributed by atoms with van der Waals surface area (Å²) in [7, 11) is 5.73. The molecule has 1 atom stereocenters. The standard InChI is InChI=1S/C21H29N3O3/c1-15-6-7-18-16(12-15)19(25)17(13-23(18)4)20(26)24-10-5-8-21(27,9-11-24)14-22(2)3/h6-7,12-13,27H,5,8-11,14H2,1-4H3/t21-/m0/s1. The molecule has 1 saturated heterocycles. The van der Waals surface area contributed by atoms with Gasteiger partial charge in [-0.25, -0.2) is 0 Å². The summed E-state index contributed by atoms with van der Waals surface area (Å²) in [6, 6.07) is 5.71. The van der Waals surface area contributed by atoms with Gasteiger partial charge in [-0.1, -0.05) is 11.6 Å². The molecular weight excluding hydrogens is 342 g/mol. The van der Waals surface area contributed by atoms with E-state index in [1.165, 1.54) is 0 Å². The molecule has 1 aliphatic heterocycles. The Bertz CT molecular complexity index is 919. The van der Waals surface area contributed by atoms with Crippen LogP contribution in [0.2, 0.25) is 0 Å². The van der Waals surface area contributed by atoms with Crippen molar-refractivity contribution in [3.05, 3.63) is 45.7 Å². The zero-order valence-corrected chi connectivity index (χ0v) is 16.7. The van der Waals surface area contributed by atoms with E-state index in [1.54, 1.807) is 11.1 Å². The highest BCUT2D eigenvalue weighted by Crippen LogP contribution is 2.24. The Morgan fingerprint density at radius 1 is 1.26 bits per heavy atom. The van der Waals surface area contributed by atoms with Gasteiger partial charge in [0.1, 0.15) is 5.56 Å². The number of likely N-dealkylation sites (N-methyl/N-ethyl adjacent to an activating group) is 1. The molecule has 2 aromatic rings. The van der Waals surface area contributed by atoms with E-state index in [0.29, 0.717) is 37.9 Å². The van der Waals surface area contributed by atoms with Crippen molar-refractivity contribution in [1.29, 1.82) is 0 Å². The SMILES string of the molecule is Cc1ccc2c(c1)c(=O)c(C(=O)N1CCC[C@@](O)(CN(C)C)CC1)cn2C. The quantitative estimate of drug-likeness (QED) is 0.893. The molecule has 1 aromatic heterocycles. The largest absolute Gasteiger partial charge is 0.388 e. The number of aliphatic hydroxyl groups is 1. The molecule has 2 heterocycles. The molecule has 1 amide bonds. The van der Waals surface area contributed by atoms with Crippen molar-refractivity contribution >= 4 is 16.8 Å². The van der Waals surface area contributed by atoms with Crippen LogP contribution in [0.1, 0.15) is 35.2 Å². The van der Waals surface area contributed by atoms with Crippen LogP contribution in [0, 0.1) is 6.92 Å². The van der Waals surface area contributed by atoms with E-state index in [-0.39, 0.29) is 16.9 Å². The summed E-state index contributed by atoms with van der Waals surface area (Å²) in [4.78, 5) is 29.8. The van der Waals surface area contributed by atoms with Gasteiger partial charge < -0.3 is 19.5 Å². The van der Waals surface area contributed by atoms with Gasteiger partial charge in [-0.05, 0) is 52.4 Å². The van der Waals surface area contributed by atoms with E-state index in [2.05, 4.69) is 0 Å². The number of rotatable bonds is 3. The van der Waals surface area contributed by atoms with Gasteiger partial charge in [0.15, 0.2) is 0 Å². The van der Waals surface area contributed by atoms with Gasteiger partial charge in [-0.2, -0.15) is 0 Å². The molecule has 1 fully saturated rings. The van der Waals surface area contributed by atoms with Gasteiger partial charge in [-0.3, -0.25) is 9.59 Å². The number of nitrogens with zero attached hydrogens (tertiary/aromatic N) is 3. The third-order valence-corrected chi connectivity index (χ3v) is 5.39. The van der Waals surface area contributed by atoms with Crippen LogP contribution in [0.3, 0.4) is 0 Å². The monoisotopic (exact) mass is 371 g/mol. The zero-order chi connectivity index (χ0) is 19.8. The molecule has 6 heteroatoms. The molecule has 1 aromatic carbocycles. The predicted octanol–water partition coefficient (Wildman–Crippen LogP) is 1.77. The maximum absolute atomic E-state index is 13.1. The number of benzene rings is 1. The Morgan fingerprint density at radius 3 is 2.70 bits per heavy atom. The Balaban J connectivity index is 1.90. The normalized spacial score (nSPS) is 20.9. The number of hydrogen-bond acceptors (Lipinski definition) is 4. The summed E-state index contributed by atoms with van der Waals surface area (Å²) >= 11 is 0. The average Bonchev–Trinajstić information content (AvgIpc) is 2.78. The molecule has 0 saturated carbocycles. The number of aromatic nitrogens is 1. The number of aryl methyl sites for hydroxylation is 2. The zero-order valence-electron chi connectivity index (χ0n) is 16.7. The number of amides is 1. The minimum atomic E-state index is -0.788. The maximum Gasteiger partial charge on any atom is 0.259 e. The second kappa shape index (κ2) is 7.44. The van der Waals surface area contributed by atoms with Crippen molar-refractivity contribution in [3.8, 4) is 0 Å². The number of pyridine rings is 1. The molecule has 146 valence electrons. The van der Waals surface area contributed by atoms with E-state index < -0.39 is 5.60 Å². The minimum Gasteiger partial charge on any atom is -0.388 e. The van der Waals surface area contributed by atoms with Gasteiger partial charge >= 0.3 is 0 Å². The molecule has 0 unspecified atom stereocenters. The first-order valence-electron chi connectivity index (χ1n) is 9.46. The molecule has 1 N–H and O–H groups in total. The average molecular weight is 371 g/mol. The molecule has 0 aliphatic carbocycles. The van der Waals surface area contributed by atoms with Gasteiger partial charge in [0.2, 0.25) is 5.43 Å². The summed E-state index contributed by atoms with van der Waals surface area (Å²) in [5.41, 5.74) is 1.01. The summed E-state index contributed by atoms with van der Waals surface area (Å²) in [5, 5.41) is 11.4. The van der Waals surface area contributed by atoms with Crippen LogP contribution in [0.15, 0.2) is 29.2 Å². The summed E-state index contributed by atoms with van der Waals surface area (Å²) < 4.78 is 1.84. The fourth-order valence-corrected chi connectivity index (χ4v) is 4.06. The predicted molar refractivity (Wildman–Crippen MR) is 107 cm³/mol. The second-order valence-electron chi connectivity index (χ2n) is 8.11. The first-order chi connectivity index (χ1) is 12.7. The van der Waals surface area contributed by atoms with Crippen LogP contribution in [-0.4, -0.2) is 64.7 Å². The van der Waals surface area contributed by atoms with Gasteiger partial charge in [0.25, 0.3) is 5.91 Å². The van der Waals surface area contributed by atoms with Crippen LogP contribution in [-0.2, 0) is 7.05 Å². The van der Waals surface area contributed by atoms with Crippen LogP contribution >= 0.6 is 0 Å². The fraction of sp³-hybridized carbons (Fsp3) is 0.524. The molecule has 27 heavy (non-hydrogen) atoms. The summed E-state index contributed by atoms with van der Waals surface area (Å²) in [5.74, 6) is -0.242. The highest BCUT2D eigenvalue weighted by Gasteiger charge is 2.32. The Labute approximate surface area is 160 Å². The lowest BCUT2D eigenvalue weighted by Crippen LogP contribution is -2.41. The van der Waals surface area contributed by atoms with Crippen molar-refractivity contribution in [2.75, 3.05) is 33.7 Å². The fourth-order valence-electron chi connectivity index (χ4n) is 4.06. The second-order valence-corrected chi connectivity index (χ2v) is 8.11. The lowest BCUT2D eigenvalue weighted by Gasteiger charge is -2.30. The number of likely N-dealkylation sites (tertiary alicyclic amines) is 1. The van der Waals surface area contributed by atoms with E-state index in [1.807, 2.05) is 55.7 Å². The highest BCUT2D eigenvalue weighted by molar-refractivity contribution is 5.97. The molecule has 0 bridgehead atoms. The topological polar surface area (TPSA) is 65.8 Å². The number of carbonyl (C=O) groups excluding carboxylic acids is 1. The van der Waals surface area contributed by atoms with Crippen molar-refractivity contribution in [2.45, 2.75) is 31.8 Å². The van der Waals surface area contributed by atoms with Crippen molar-refractivity contribution in [1.82, 2.24) is 14.4 Å². The third kappa shape index (κ3) is 4.06. The number of carbonyl (C=O) groups is 1. The van der Waals surface area contributed by atoms with Crippen LogP contribution in [0.5, 0.6) is 0 Å². The number of fused-ring (bicyclic) bond motifs is 1. The molecule has 1 aliphatic rings.